The van der Waals surface area contributed by atoms with Crippen molar-refractivity contribution in [2.75, 3.05) is 23.0 Å². The summed E-state index contributed by atoms with van der Waals surface area (Å²) in [6, 6.07) is -3.79. The van der Waals surface area contributed by atoms with Crippen molar-refractivity contribution >= 4 is 59.1 Å². The minimum absolute atomic E-state index is 0.202. The van der Waals surface area contributed by atoms with Crippen LogP contribution in [0.25, 0.3) is 0 Å². The van der Waals surface area contributed by atoms with E-state index in [1.807, 2.05) is 27.7 Å². The van der Waals surface area contributed by atoms with Crippen LogP contribution in [0.4, 0.5) is 0 Å². The van der Waals surface area contributed by atoms with E-state index in [0.717, 1.165) is 56.9 Å². The Bertz CT molecular complexity index is 1640. The van der Waals surface area contributed by atoms with Crippen LogP contribution in [0.15, 0.2) is 69.9 Å². The van der Waals surface area contributed by atoms with Gasteiger partial charge in [-0.15, -0.1) is 0 Å². The molecule has 0 aliphatic carbocycles. The normalized spacial score (nSPS) is 14.7. The number of nitrogens with one attached hydrogen (secondary N) is 4. The molecule has 0 saturated heterocycles. The molecule has 4 amide bonds. The van der Waals surface area contributed by atoms with Crippen molar-refractivity contribution < 1.29 is 39.0 Å². The van der Waals surface area contributed by atoms with Gasteiger partial charge < -0.3 is 31.5 Å². The lowest BCUT2D eigenvalue weighted by molar-refractivity contribution is -0.142. The third kappa shape index (κ3) is 30.1. The standard InChI is InChI=1S/C48H78N4O8S2/c1-32(2)16-12-17-34(5)19-14-22-37(8)27-29-62-31-42(48(59)60)51-46(56)44(33(3)4)52-43(54)25-24-36(7)21-13-18-35(6)20-15-23-38(9)26-28-61-30-41(47(57)58)50-45(55)39(10)49-40(11)53/h16,19-21,26-27,33,39,41-42,44H,12-15,17-18,22-25,28-31H2,1-11H3,(H,49,53)(H,50,55)(H,51,56)(H,52,54)(H,57,58)(H,59,60)/b34-19+,35-20+,36-21-,37-27+,38-26+/t39?,41-,42-,44?/m0/s1. The van der Waals surface area contributed by atoms with Crippen molar-refractivity contribution in [1.82, 2.24) is 21.3 Å². The monoisotopic (exact) mass is 903 g/mol. The molecule has 0 bridgehead atoms. The zero-order valence-corrected chi connectivity index (χ0v) is 41.0. The molecule has 0 saturated carbocycles. The number of carbonyl (C=O) groups is 6. The fraction of sp³-hybridized carbons (Fsp3) is 0.625. The Kier molecular flexibility index (Phi) is 31.3. The molecule has 12 nitrogen and oxygen atoms in total. The van der Waals surface area contributed by atoms with Gasteiger partial charge in [-0.2, -0.15) is 23.5 Å². The summed E-state index contributed by atoms with van der Waals surface area (Å²) in [6.45, 7) is 21.0. The van der Waals surface area contributed by atoms with Gasteiger partial charge in [-0.05, 0) is 119 Å². The average Bonchev–Trinajstić information content (AvgIpc) is 3.17. The summed E-state index contributed by atoms with van der Waals surface area (Å²) in [4.78, 5) is 73.1. The maximum absolute atomic E-state index is 13.2. The molecule has 0 heterocycles. The number of allylic oxidation sites excluding steroid dienone is 10. The minimum Gasteiger partial charge on any atom is -0.480 e. The Morgan fingerprint density at radius 3 is 1.26 bits per heavy atom. The Hall–Kier alpha value is -4.04. The molecule has 350 valence electrons. The van der Waals surface area contributed by atoms with Crippen LogP contribution in [0.2, 0.25) is 0 Å². The lowest BCUT2D eigenvalue weighted by Gasteiger charge is -2.24. The van der Waals surface area contributed by atoms with E-state index >= 15 is 0 Å². The predicted molar refractivity (Wildman–Crippen MR) is 258 cm³/mol. The number of carboxylic acids is 2. The van der Waals surface area contributed by atoms with Crippen LogP contribution in [0.5, 0.6) is 0 Å². The molecule has 2 unspecified atom stereocenters. The summed E-state index contributed by atoms with van der Waals surface area (Å²) in [5, 5.41) is 29.7. The Morgan fingerprint density at radius 1 is 0.484 bits per heavy atom. The first kappa shape index (κ1) is 58.0. The number of hydrogen-bond acceptors (Lipinski definition) is 8. The Morgan fingerprint density at radius 2 is 0.871 bits per heavy atom. The first-order valence-corrected chi connectivity index (χ1v) is 24.1. The highest BCUT2D eigenvalue weighted by atomic mass is 32.2. The lowest BCUT2D eigenvalue weighted by Crippen LogP contribution is -2.54. The molecule has 4 atom stereocenters. The molecule has 0 radical (unpaired) electrons. The highest BCUT2D eigenvalue weighted by Gasteiger charge is 2.28. The van der Waals surface area contributed by atoms with Crippen molar-refractivity contribution in [2.24, 2.45) is 5.92 Å². The molecule has 0 aromatic rings. The van der Waals surface area contributed by atoms with E-state index in [9.17, 15) is 39.0 Å². The van der Waals surface area contributed by atoms with Gasteiger partial charge in [0.15, 0.2) is 0 Å². The highest BCUT2D eigenvalue weighted by molar-refractivity contribution is 7.99. The zero-order chi connectivity index (χ0) is 47.2. The van der Waals surface area contributed by atoms with Crippen molar-refractivity contribution in [3.63, 3.8) is 0 Å². The largest absolute Gasteiger partial charge is 0.480 e. The molecule has 0 aliphatic heterocycles. The summed E-state index contributed by atoms with van der Waals surface area (Å²) >= 11 is 2.87. The summed E-state index contributed by atoms with van der Waals surface area (Å²) in [6.07, 6.45) is 21.3. The van der Waals surface area contributed by atoms with Crippen LogP contribution in [0.1, 0.15) is 140 Å². The highest BCUT2D eigenvalue weighted by Crippen LogP contribution is 2.16. The number of hydrogen-bond donors (Lipinski definition) is 6. The van der Waals surface area contributed by atoms with E-state index in [0.29, 0.717) is 17.9 Å². The topological polar surface area (TPSA) is 191 Å². The summed E-state index contributed by atoms with van der Waals surface area (Å²) in [5.41, 5.74) is 7.50. The second kappa shape index (κ2) is 33.5. The fourth-order valence-electron chi connectivity index (χ4n) is 5.88. The van der Waals surface area contributed by atoms with Gasteiger partial charge in [0.1, 0.15) is 24.2 Å². The molecule has 14 heteroatoms. The van der Waals surface area contributed by atoms with E-state index in [1.54, 1.807) is 0 Å². The van der Waals surface area contributed by atoms with Crippen LogP contribution in [-0.2, 0) is 28.8 Å². The number of amides is 4. The van der Waals surface area contributed by atoms with Gasteiger partial charge in [0.2, 0.25) is 23.6 Å². The van der Waals surface area contributed by atoms with E-state index < -0.39 is 47.9 Å². The van der Waals surface area contributed by atoms with Gasteiger partial charge in [-0.3, -0.25) is 19.2 Å². The molecule has 0 aromatic heterocycles. The molecular formula is C48H78N4O8S2. The molecule has 6 N–H and O–H groups in total. The van der Waals surface area contributed by atoms with E-state index in [2.05, 4.69) is 92.3 Å². The summed E-state index contributed by atoms with van der Waals surface area (Å²) in [7, 11) is 0. The smallest absolute Gasteiger partial charge is 0.327 e. The number of aliphatic carboxylic acids is 2. The average molecular weight is 903 g/mol. The fourth-order valence-corrected chi connectivity index (χ4v) is 7.88. The first-order valence-electron chi connectivity index (χ1n) is 21.8. The van der Waals surface area contributed by atoms with E-state index in [1.165, 1.54) is 65.2 Å². The van der Waals surface area contributed by atoms with Crippen LogP contribution < -0.4 is 21.3 Å². The van der Waals surface area contributed by atoms with Gasteiger partial charge >= 0.3 is 11.9 Å². The van der Waals surface area contributed by atoms with Gasteiger partial charge in [0, 0.05) is 36.4 Å². The SMILES string of the molecule is CC(=O)NC(C)C(=O)N[C@@H](CSC/C=C(\C)CC/C=C(\C)CC/C=C(/C)CCC(=O)NC(C(=O)N[C@@H](CSC/C=C(\C)CC/C=C(\C)CCC=C(C)C)C(=O)O)C(C)C)C(=O)O. The number of thioether (sulfide) groups is 2. The molecule has 0 rings (SSSR count). The quantitative estimate of drug-likeness (QED) is 0.0281. The van der Waals surface area contributed by atoms with Crippen molar-refractivity contribution in [1.29, 1.82) is 0 Å². The third-order valence-electron chi connectivity index (χ3n) is 9.91. The number of carboxylic acid groups (broad SMARTS) is 2. The number of rotatable bonds is 32. The van der Waals surface area contributed by atoms with Gasteiger partial charge in [0.05, 0.1) is 0 Å². The first-order chi connectivity index (χ1) is 29.1. The maximum atomic E-state index is 13.2. The zero-order valence-electron chi connectivity index (χ0n) is 39.4. The molecule has 62 heavy (non-hydrogen) atoms. The van der Waals surface area contributed by atoms with Crippen molar-refractivity contribution in [2.45, 2.75) is 165 Å². The lowest BCUT2D eigenvalue weighted by atomic mass is 10.0. The van der Waals surface area contributed by atoms with Crippen LogP contribution in [0.3, 0.4) is 0 Å². The second-order valence-electron chi connectivity index (χ2n) is 16.8. The van der Waals surface area contributed by atoms with Gasteiger partial charge in [0.25, 0.3) is 0 Å². The van der Waals surface area contributed by atoms with Crippen LogP contribution in [-0.4, -0.2) is 93.0 Å². The van der Waals surface area contributed by atoms with Crippen molar-refractivity contribution in [3.05, 3.63) is 69.9 Å². The molecule has 0 spiro atoms. The Labute approximate surface area is 381 Å². The second-order valence-corrected chi connectivity index (χ2v) is 18.9. The van der Waals surface area contributed by atoms with Gasteiger partial charge in [-0.1, -0.05) is 83.7 Å². The van der Waals surface area contributed by atoms with E-state index in [4.69, 9.17) is 0 Å². The van der Waals surface area contributed by atoms with E-state index in [-0.39, 0.29) is 35.7 Å². The Balaban J connectivity index is 4.74. The van der Waals surface area contributed by atoms with Crippen molar-refractivity contribution in [3.8, 4) is 0 Å². The molecule has 0 fully saturated rings. The molecule has 0 aliphatic rings. The minimum atomic E-state index is -1.13. The van der Waals surface area contributed by atoms with Crippen LogP contribution in [0, 0.1) is 5.92 Å². The van der Waals surface area contributed by atoms with Gasteiger partial charge in [-0.25, -0.2) is 9.59 Å². The summed E-state index contributed by atoms with van der Waals surface area (Å²) in [5.74, 6) is -2.45. The predicted octanol–water partition coefficient (Wildman–Crippen LogP) is 8.86. The maximum Gasteiger partial charge on any atom is 0.327 e. The molecular weight excluding hydrogens is 825 g/mol. The van der Waals surface area contributed by atoms with Crippen LogP contribution >= 0.6 is 23.5 Å². The number of carbonyl (C=O) groups excluding carboxylic acids is 4. The summed E-state index contributed by atoms with van der Waals surface area (Å²) < 4.78 is 0. The third-order valence-corrected chi connectivity index (χ3v) is 11.9. The molecule has 0 aromatic carbocycles.